The van der Waals surface area contributed by atoms with Gasteiger partial charge in [0.2, 0.25) is 17.6 Å². The molecule has 160 valence electrons. The van der Waals surface area contributed by atoms with E-state index >= 15 is 0 Å². The van der Waals surface area contributed by atoms with E-state index in [0.29, 0.717) is 6.42 Å². The highest BCUT2D eigenvalue weighted by Crippen LogP contribution is 2.07. The van der Waals surface area contributed by atoms with Crippen molar-refractivity contribution in [3.05, 3.63) is 35.9 Å². The van der Waals surface area contributed by atoms with Crippen molar-refractivity contribution in [3.63, 3.8) is 0 Å². The molecule has 8 heteroatoms. The number of ketones is 1. The summed E-state index contributed by atoms with van der Waals surface area (Å²) in [5.74, 6) is -2.73. The average Bonchev–Trinajstić information content (AvgIpc) is 2.64. The molecule has 0 saturated heterocycles. The van der Waals surface area contributed by atoms with Crippen LogP contribution in [0.15, 0.2) is 30.3 Å². The van der Waals surface area contributed by atoms with Gasteiger partial charge in [-0.15, -0.1) is 0 Å². The van der Waals surface area contributed by atoms with Crippen molar-refractivity contribution in [1.29, 1.82) is 0 Å². The fourth-order valence-electron chi connectivity index (χ4n) is 2.80. The Hall–Kier alpha value is -2.74. The van der Waals surface area contributed by atoms with Gasteiger partial charge in [-0.3, -0.25) is 19.2 Å². The minimum absolute atomic E-state index is 0.239. The van der Waals surface area contributed by atoms with Gasteiger partial charge in [0.1, 0.15) is 6.04 Å². The molecule has 0 saturated carbocycles. The Morgan fingerprint density at radius 1 is 1.03 bits per heavy atom. The van der Waals surface area contributed by atoms with Crippen LogP contribution in [0.3, 0.4) is 0 Å². The van der Waals surface area contributed by atoms with Crippen LogP contribution >= 0.6 is 0 Å². The van der Waals surface area contributed by atoms with Crippen molar-refractivity contribution in [2.24, 2.45) is 5.73 Å². The number of Topliss-reactive ketones (excluding diaryl/α,β-unsaturated/α-hetero) is 1. The zero-order valence-electron chi connectivity index (χ0n) is 17.6. The molecule has 2 atom stereocenters. The monoisotopic (exact) mass is 404 g/mol. The Morgan fingerprint density at radius 2 is 1.66 bits per heavy atom. The molecule has 3 amide bonds. The molecule has 1 aromatic carbocycles. The van der Waals surface area contributed by atoms with Crippen LogP contribution in [0.1, 0.15) is 46.1 Å². The Balaban J connectivity index is 2.61. The van der Waals surface area contributed by atoms with Gasteiger partial charge in [0, 0.05) is 12.0 Å². The summed E-state index contributed by atoms with van der Waals surface area (Å²) in [6, 6.07) is 7.58. The van der Waals surface area contributed by atoms with E-state index in [1.54, 1.807) is 0 Å². The predicted molar refractivity (Wildman–Crippen MR) is 111 cm³/mol. The number of rotatable bonds is 11. The third-order valence-corrected chi connectivity index (χ3v) is 4.10. The minimum Gasteiger partial charge on any atom is -0.368 e. The summed E-state index contributed by atoms with van der Waals surface area (Å²) in [6.07, 6.45) is 1.48. The topological polar surface area (TPSA) is 130 Å². The predicted octanol–water partition coefficient (Wildman–Crippen LogP) is 0.441. The average molecular weight is 405 g/mol. The van der Waals surface area contributed by atoms with Crippen molar-refractivity contribution in [3.8, 4) is 0 Å². The molecule has 0 aliphatic carbocycles. The SMILES string of the molecule is CCCC(NC(C)(C)C)C(=O)C(=O)NCC(=O)NC(Cc1ccccc1)C(N)=O. The molecule has 8 nitrogen and oxygen atoms in total. The van der Waals surface area contributed by atoms with Crippen LogP contribution in [0, 0.1) is 0 Å². The summed E-state index contributed by atoms with van der Waals surface area (Å²) < 4.78 is 0. The first-order valence-corrected chi connectivity index (χ1v) is 9.75. The first-order valence-electron chi connectivity index (χ1n) is 9.75. The second-order valence-corrected chi connectivity index (χ2v) is 7.99. The summed E-state index contributed by atoms with van der Waals surface area (Å²) in [7, 11) is 0. The maximum atomic E-state index is 12.4. The lowest BCUT2D eigenvalue weighted by Gasteiger charge is -2.27. The third kappa shape index (κ3) is 9.34. The molecule has 1 aromatic rings. The van der Waals surface area contributed by atoms with E-state index in [0.717, 1.165) is 12.0 Å². The van der Waals surface area contributed by atoms with E-state index in [4.69, 9.17) is 5.73 Å². The lowest BCUT2D eigenvalue weighted by molar-refractivity contribution is -0.140. The smallest absolute Gasteiger partial charge is 0.289 e. The quantitative estimate of drug-likeness (QED) is 0.398. The molecule has 5 N–H and O–H groups in total. The number of carbonyl (C=O) groups is 4. The van der Waals surface area contributed by atoms with Gasteiger partial charge in [0.05, 0.1) is 12.6 Å². The van der Waals surface area contributed by atoms with Crippen molar-refractivity contribution < 1.29 is 19.2 Å². The largest absolute Gasteiger partial charge is 0.368 e. The first kappa shape index (κ1) is 24.3. The highest BCUT2D eigenvalue weighted by molar-refractivity contribution is 6.38. The molecule has 0 fully saturated rings. The van der Waals surface area contributed by atoms with Gasteiger partial charge >= 0.3 is 0 Å². The van der Waals surface area contributed by atoms with Crippen molar-refractivity contribution in [1.82, 2.24) is 16.0 Å². The van der Waals surface area contributed by atoms with E-state index in [-0.39, 0.29) is 12.0 Å². The number of amides is 3. The Kier molecular flexibility index (Phi) is 9.47. The van der Waals surface area contributed by atoms with Gasteiger partial charge in [0.25, 0.3) is 5.91 Å². The van der Waals surface area contributed by atoms with Crippen LogP contribution in [0.4, 0.5) is 0 Å². The van der Waals surface area contributed by atoms with Gasteiger partial charge in [-0.1, -0.05) is 43.7 Å². The van der Waals surface area contributed by atoms with Crippen LogP contribution in [0.5, 0.6) is 0 Å². The number of nitrogens with two attached hydrogens (primary N) is 1. The van der Waals surface area contributed by atoms with Crippen molar-refractivity contribution in [2.75, 3.05) is 6.54 Å². The third-order valence-electron chi connectivity index (χ3n) is 4.10. The summed E-state index contributed by atoms with van der Waals surface area (Å²) in [5.41, 5.74) is 5.87. The standard InChI is InChI=1S/C21H32N4O4/c1-5-9-15(25-21(2,3)4)18(27)20(29)23-13-17(26)24-16(19(22)28)12-14-10-7-6-8-11-14/h6-8,10-11,15-16,25H,5,9,12-13H2,1-4H3,(H2,22,28)(H,23,29)(H,24,26). The van der Waals surface area contributed by atoms with Gasteiger partial charge in [-0.25, -0.2) is 0 Å². The maximum absolute atomic E-state index is 12.4. The zero-order chi connectivity index (χ0) is 22.0. The fourth-order valence-corrected chi connectivity index (χ4v) is 2.80. The van der Waals surface area contributed by atoms with Crippen LogP contribution in [-0.4, -0.2) is 47.7 Å². The van der Waals surface area contributed by atoms with Crippen LogP contribution in [-0.2, 0) is 25.6 Å². The van der Waals surface area contributed by atoms with Crippen LogP contribution < -0.4 is 21.7 Å². The molecule has 1 rings (SSSR count). The van der Waals surface area contributed by atoms with E-state index in [9.17, 15) is 19.2 Å². The molecular formula is C21H32N4O4. The Bertz CT molecular complexity index is 713. The van der Waals surface area contributed by atoms with Crippen LogP contribution in [0.2, 0.25) is 0 Å². The second-order valence-electron chi connectivity index (χ2n) is 7.99. The summed E-state index contributed by atoms with van der Waals surface area (Å²) in [5, 5.41) is 7.95. The van der Waals surface area contributed by atoms with Crippen LogP contribution in [0.25, 0.3) is 0 Å². The second kappa shape index (κ2) is 11.3. The van der Waals surface area contributed by atoms with E-state index in [1.165, 1.54) is 0 Å². The number of hydrogen-bond acceptors (Lipinski definition) is 5. The summed E-state index contributed by atoms with van der Waals surface area (Å²) >= 11 is 0. The Morgan fingerprint density at radius 3 is 2.17 bits per heavy atom. The molecule has 0 aliphatic rings. The van der Waals surface area contributed by atoms with Gasteiger partial charge < -0.3 is 21.7 Å². The minimum atomic E-state index is -0.909. The van der Waals surface area contributed by atoms with Gasteiger partial charge in [-0.05, 0) is 32.8 Å². The van der Waals surface area contributed by atoms with Gasteiger partial charge in [0.15, 0.2) is 0 Å². The Labute approximate surface area is 172 Å². The summed E-state index contributed by atoms with van der Waals surface area (Å²) in [4.78, 5) is 48.4. The lowest BCUT2D eigenvalue weighted by atomic mass is 10.0. The maximum Gasteiger partial charge on any atom is 0.289 e. The normalized spacial score (nSPS) is 13.2. The number of hydrogen-bond donors (Lipinski definition) is 4. The number of benzene rings is 1. The number of carbonyl (C=O) groups excluding carboxylic acids is 4. The molecule has 0 bridgehead atoms. The molecule has 0 heterocycles. The molecule has 29 heavy (non-hydrogen) atoms. The highest BCUT2D eigenvalue weighted by atomic mass is 16.2. The van der Waals surface area contributed by atoms with E-state index in [2.05, 4.69) is 16.0 Å². The highest BCUT2D eigenvalue weighted by Gasteiger charge is 2.28. The van der Waals surface area contributed by atoms with Crippen molar-refractivity contribution in [2.45, 2.75) is 64.6 Å². The molecule has 0 aromatic heterocycles. The first-order chi connectivity index (χ1) is 13.5. The molecular weight excluding hydrogens is 372 g/mol. The summed E-state index contributed by atoms with van der Waals surface area (Å²) in [6.45, 7) is 7.23. The number of nitrogens with one attached hydrogen (secondary N) is 3. The molecule has 0 aliphatic heterocycles. The lowest BCUT2D eigenvalue weighted by Crippen LogP contribution is -2.53. The number of primary amides is 1. The van der Waals surface area contributed by atoms with Crippen molar-refractivity contribution >= 4 is 23.5 Å². The molecule has 2 unspecified atom stereocenters. The molecule has 0 radical (unpaired) electrons. The van der Waals surface area contributed by atoms with Gasteiger partial charge in [-0.2, -0.15) is 0 Å². The van der Waals surface area contributed by atoms with E-state index in [1.807, 2.05) is 58.0 Å². The molecule has 0 spiro atoms. The zero-order valence-corrected chi connectivity index (χ0v) is 17.6. The fraction of sp³-hybridized carbons (Fsp3) is 0.524. The van der Waals surface area contributed by atoms with E-state index < -0.39 is 42.1 Å².